The summed E-state index contributed by atoms with van der Waals surface area (Å²) in [6.45, 7) is 0. The summed E-state index contributed by atoms with van der Waals surface area (Å²) < 4.78 is 5.16. The monoisotopic (exact) mass is 257 g/mol. The fourth-order valence-corrected chi connectivity index (χ4v) is 2.81. The molecule has 0 saturated heterocycles. The van der Waals surface area contributed by atoms with E-state index in [1.165, 1.54) is 5.56 Å². The quantitative estimate of drug-likeness (QED) is 0.830. The topological polar surface area (TPSA) is 50.1 Å². The molecule has 1 aliphatic carbocycles. The van der Waals surface area contributed by atoms with Gasteiger partial charge in [-0.15, -0.1) is 0 Å². The van der Waals surface area contributed by atoms with E-state index in [9.17, 15) is 4.79 Å². The van der Waals surface area contributed by atoms with Crippen molar-refractivity contribution in [1.82, 2.24) is 0 Å². The highest BCUT2D eigenvalue weighted by Crippen LogP contribution is 2.36. The van der Waals surface area contributed by atoms with E-state index in [4.69, 9.17) is 10.00 Å². The Labute approximate surface area is 114 Å². The zero-order valence-electron chi connectivity index (χ0n) is 11.3. The summed E-state index contributed by atoms with van der Waals surface area (Å²) in [7, 11) is 1.66. The van der Waals surface area contributed by atoms with Crippen LogP contribution in [-0.4, -0.2) is 12.9 Å². The minimum Gasteiger partial charge on any atom is -0.497 e. The normalized spacial score (nSPS) is 22.8. The SMILES string of the molecule is COc1ccc(C2CCC(=O)C(CCC#N)C2)cc1. The summed E-state index contributed by atoms with van der Waals surface area (Å²) in [4.78, 5) is 11.8. The van der Waals surface area contributed by atoms with Gasteiger partial charge in [0.05, 0.1) is 13.2 Å². The molecule has 0 spiro atoms. The van der Waals surface area contributed by atoms with E-state index in [-0.39, 0.29) is 5.92 Å². The van der Waals surface area contributed by atoms with Crippen LogP contribution in [0.1, 0.15) is 43.6 Å². The average molecular weight is 257 g/mol. The lowest BCUT2D eigenvalue weighted by Crippen LogP contribution is -2.23. The van der Waals surface area contributed by atoms with E-state index in [1.807, 2.05) is 12.1 Å². The van der Waals surface area contributed by atoms with Crippen LogP contribution in [0, 0.1) is 17.2 Å². The van der Waals surface area contributed by atoms with Gasteiger partial charge in [0.2, 0.25) is 0 Å². The third kappa shape index (κ3) is 3.35. The molecule has 1 fully saturated rings. The molecule has 0 amide bonds. The molecule has 1 aliphatic rings. The van der Waals surface area contributed by atoms with Gasteiger partial charge in [0.1, 0.15) is 11.5 Å². The molecule has 100 valence electrons. The van der Waals surface area contributed by atoms with Crippen molar-refractivity contribution in [2.75, 3.05) is 7.11 Å². The molecule has 1 saturated carbocycles. The molecule has 0 aromatic heterocycles. The Hall–Kier alpha value is -1.82. The van der Waals surface area contributed by atoms with Gasteiger partial charge in [0.25, 0.3) is 0 Å². The average Bonchev–Trinajstić information content (AvgIpc) is 2.46. The molecule has 0 bridgehead atoms. The Balaban J connectivity index is 2.04. The molecule has 19 heavy (non-hydrogen) atoms. The maximum Gasteiger partial charge on any atom is 0.136 e. The number of Topliss-reactive ketones (excluding diaryl/α,β-unsaturated/α-hetero) is 1. The van der Waals surface area contributed by atoms with Gasteiger partial charge in [0, 0.05) is 18.8 Å². The third-order valence-electron chi connectivity index (χ3n) is 3.96. The molecular weight excluding hydrogens is 238 g/mol. The number of hydrogen-bond acceptors (Lipinski definition) is 3. The van der Waals surface area contributed by atoms with E-state index in [0.717, 1.165) is 18.6 Å². The highest BCUT2D eigenvalue weighted by atomic mass is 16.5. The molecule has 1 aromatic carbocycles. The Bertz CT molecular complexity index is 473. The number of rotatable bonds is 4. The number of hydrogen-bond donors (Lipinski definition) is 0. The maximum absolute atomic E-state index is 11.8. The van der Waals surface area contributed by atoms with Crippen molar-refractivity contribution in [3.05, 3.63) is 29.8 Å². The van der Waals surface area contributed by atoms with Crippen molar-refractivity contribution < 1.29 is 9.53 Å². The molecular formula is C16H19NO2. The van der Waals surface area contributed by atoms with E-state index in [2.05, 4.69) is 18.2 Å². The zero-order chi connectivity index (χ0) is 13.7. The second kappa shape index (κ2) is 6.38. The second-order valence-corrected chi connectivity index (χ2v) is 5.10. The lowest BCUT2D eigenvalue weighted by molar-refractivity contribution is -0.125. The molecule has 0 heterocycles. The molecule has 1 aromatic rings. The second-order valence-electron chi connectivity index (χ2n) is 5.10. The number of carbonyl (C=O) groups excluding carboxylic acids is 1. The molecule has 0 radical (unpaired) electrons. The van der Waals surface area contributed by atoms with Crippen LogP contribution in [0.15, 0.2) is 24.3 Å². The fraction of sp³-hybridized carbons (Fsp3) is 0.500. The first-order chi connectivity index (χ1) is 9.24. The van der Waals surface area contributed by atoms with Gasteiger partial charge >= 0.3 is 0 Å². The summed E-state index contributed by atoms with van der Waals surface area (Å²) in [5.41, 5.74) is 1.27. The Morgan fingerprint density at radius 1 is 1.37 bits per heavy atom. The first-order valence-corrected chi connectivity index (χ1v) is 6.78. The van der Waals surface area contributed by atoms with Crippen molar-refractivity contribution >= 4 is 5.78 Å². The summed E-state index contributed by atoms with van der Waals surface area (Å²) in [5.74, 6) is 1.70. The van der Waals surface area contributed by atoms with Crippen LogP contribution < -0.4 is 4.74 Å². The van der Waals surface area contributed by atoms with Crippen LogP contribution in [0.2, 0.25) is 0 Å². The van der Waals surface area contributed by atoms with Crippen molar-refractivity contribution in [3.8, 4) is 11.8 Å². The molecule has 2 atom stereocenters. The minimum absolute atomic E-state index is 0.0699. The summed E-state index contributed by atoms with van der Waals surface area (Å²) in [6.07, 6.45) is 3.64. The number of nitriles is 1. The van der Waals surface area contributed by atoms with Gasteiger partial charge in [-0.1, -0.05) is 12.1 Å². The first kappa shape index (κ1) is 13.6. The molecule has 2 unspecified atom stereocenters. The van der Waals surface area contributed by atoms with Crippen molar-refractivity contribution in [2.45, 2.75) is 38.0 Å². The standard InChI is InChI=1S/C16H19NO2/c1-19-15-7-4-12(5-8-15)13-6-9-16(18)14(11-13)3-2-10-17/h4-5,7-8,13-14H,2-3,6,9,11H2,1H3. The molecule has 3 heteroatoms. The largest absolute Gasteiger partial charge is 0.497 e. The van der Waals surface area contributed by atoms with Gasteiger partial charge in [-0.2, -0.15) is 5.26 Å². The van der Waals surface area contributed by atoms with Crippen LogP contribution in [-0.2, 0) is 4.79 Å². The number of ketones is 1. The van der Waals surface area contributed by atoms with E-state index in [1.54, 1.807) is 7.11 Å². The molecule has 2 rings (SSSR count). The predicted molar refractivity (Wildman–Crippen MR) is 72.9 cm³/mol. The number of benzene rings is 1. The van der Waals surface area contributed by atoms with Crippen molar-refractivity contribution in [3.63, 3.8) is 0 Å². The van der Waals surface area contributed by atoms with Crippen LogP contribution >= 0.6 is 0 Å². The van der Waals surface area contributed by atoms with Crippen molar-refractivity contribution in [2.24, 2.45) is 5.92 Å². The maximum atomic E-state index is 11.8. The summed E-state index contributed by atoms with van der Waals surface area (Å²) in [6, 6.07) is 10.2. The number of carbonyl (C=O) groups is 1. The van der Waals surface area contributed by atoms with E-state index in [0.29, 0.717) is 31.0 Å². The smallest absolute Gasteiger partial charge is 0.136 e. The molecule has 0 N–H and O–H groups in total. The third-order valence-corrected chi connectivity index (χ3v) is 3.96. The van der Waals surface area contributed by atoms with Gasteiger partial charge < -0.3 is 4.74 Å². The van der Waals surface area contributed by atoms with Crippen LogP contribution in [0.5, 0.6) is 5.75 Å². The van der Waals surface area contributed by atoms with Crippen LogP contribution in [0.4, 0.5) is 0 Å². The fourth-order valence-electron chi connectivity index (χ4n) is 2.81. The van der Waals surface area contributed by atoms with E-state index >= 15 is 0 Å². The Morgan fingerprint density at radius 2 is 2.11 bits per heavy atom. The van der Waals surface area contributed by atoms with E-state index < -0.39 is 0 Å². The summed E-state index contributed by atoms with van der Waals surface area (Å²) >= 11 is 0. The molecule has 3 nitrogen and oxygen atoms in total. The van der Waals surface area contributed by atoms with Crippen molar-refractivity contribution in [1.29, 1.82) is 5.26 Å². The summed E-state index contributed by atoms with van der Waals surface area (Å²) in [5, 5.41) is 8.65. The van der Waals surface area contributed by atoms with Gasteiger partial charge in [-0.3, -0.25) is 4.79 Å². The lowest BCUT2D eigenvalue weighted by Gasteiger charge is -2.28. The lowest BCUT2D eigenvalue weighted by atomic mass is 9.75. The Morgan fingerprint density at radius 3 is 2.74 bits per heavy atom. The number of ether oxygens (including phenoxy) is 1. The minimum atomic E-state index is 0.0699. The van der Waals surface area contributed by atoms with Gasteiger partial charge in [0.15, 0.2) is 0 Å². The van der Waals surface area contributed by atoms with Crippen LogP contribution in [0.25, 0.3) is 0 Å². The van der Waals surface area contributed by atoms with Gasteiger partial charge in [-0.25, -0.2) is 0 Å². The Kier molecular flexibility index (Phi) is 4.57. The van der Waals surface area contributed by atoms with Crippen LogP contribution in [0.3, 0.4) is 0 Å². The number of nitrogens with zero attached hydrogens (tertiary/aromatic N) is 1. The predicted octanol–water partition coefficient (Wildman–Crippen LogP) is 3.45. The highest BCUT2D eigenvalue weighted by Gasteiger charge is 2.29. The van der Waals surface area contributed by atoms with Gasteiger partial charge in [-0.05, 0) is 42.9 Å². The number of methoxy groups -OCH3 is 1. The zero-order valence-corrected chi connectivity index (χ0v) is 11.3. The first-order valence-electron chi connectivity index (χ1n) is 6.78. The molecule has 0 aliphatic heterocycles. The highest BCUT2D eigenvalue weighted by molar-refractivity contribution is 5.82.